The highest BCUT2D eigenvalue weighted by atomic mass is 35.5. The van der Waals surface area contributed by atoms with E-state index in [-0.39, 0.29) is 5.28 Å². The Bertz CT molecular complexity index is 1410. The molecule has 4 aromatic heterocycles. The van der Waals surface area contributed by atoms with Crippen molar-refractivity contribution in [3.63, 3.8) is 0 Å². The van der Waals surface area contributed by atoms with E-state index in [2.05, 4.69) is 73.3 Å². The van der Waals surface area contributed by atoms with Gasteiger partial charge >= 0.3 is 0 Å². The number of aromatic amines is 2. The molecule has 0 atom stereocenters. The number of hydrogen-bond donors (Lipinski definition) is 4. The summed E-state index contributed by atoms with van der Waals surface area (Å²) in [6.45, 7) is 8.42. The second kappa shape index (κ2) is 12.9. The molecule has 0 unspecified atom stereocenters. The molecule has 0 aliphatic heterocycles. The lowest BCUT2D eigenvalue weighted by Gasteiger charge is -2.07. The van der Waals surface area contributed by atoms with Crippen LogP contribution in [-0.2, 0) is 25.7 Å². The van der Waals surface area contributed by atoms with E-state index >= 15 is 0 Å². The zero-order chi connectivity index (χ0) is 28.1. The summed E-state index contributed by atoms with van der Waals surface area (Å²) in [7, 11) is 0. The molecule has 2 aliphatic carbocycles. The topological polar surface area (TPSA) is 147 Å². The Morgan fingerprint density at radius 1 is 0.744 bits per heavy atom. The lowest BCUT2D eigenvalue weighted by Crippen LogP contribution is -2.02. The minimum absolute atomic E-state index is 0.260. The van der Waals surface area contributed by atoms with Gasteiger partial charge in [0.1, 0.15) is 16.8 Å². The third-order valence-electron chi connectivity index (χ3n) is 6.47. The fourth-order valence-corrected chi connectivity index (χ4v) is 5.03. The number of fused-ring (bicyclic) bond motifs is 2. The molecule has 0 aromatic carbocycles. The predicted molar refractivity (Wildman–Crippen MR) is 156 cm³/mol. The normalized spacial score (nSPS) is 13.5. The molecular formula is C26H33Cl3N10. The molecule has 4 aromatic rings. The van der Waals surface area contributed by atoms with E-state index in [1.54, 1.807) is 0 Å². The maximum Gasteiger partial charge on any atom is 0.224 e. The van der Waals surface area contributed by atoms with Crippen molar-refractivity contribution in [3.8, 4) is 0 Å². The highest BCUT2D eigenvalue weighted by molar-refractivity contribution is 6.32. The number of anilines is 3. The van der Waals surface area contributed by atoms with Crippen molar-refractivity contribution in [2.75, 3.05) is 11.1 Å². The van der Waals surface area contributed by atoms with Crippen LogP contribution in [0.5, 0.6) is 0 Å². The van der Waals surface area contributed by atoms with Crippen LogP contribution < -0.4 is 11.1 Å². The number of H-pyrrole nitrogens is 2. The van der Waals surface area contributed by atoms with Crippen LogP contribution in [0.3, 0.4) is 0 Å². The summed E-state index contributed by atoms with van der Waals surface area (Å²) in [4.78, 5) is 16.5. The average Bonchev–Trinajstić information content (AvgIpc) is 3.66. The van der Waals surface area contributed by atoms with Crippen LogP contribution in [0.15, 0.2) is 12.1 Å². The van der Waals surface area contributed by atoms with Gasteiger partial charge in [-0.3, -0.25) is 10.2 Å². The van der Waals surface area contributed by atoms with Gasteiger partial charge in [0.05, 0.1) is 11.4 Å². The first-order chi connectivity index (χ1) is 18.6. The SMILES string of the molecule is CC(C)c1cc(N)n[nH]1.CC(C)c1cc(Nc2nc(Cl)nc3c2CCC3)n[nH]1.Clc1nc(Cl)c2c(n1)CCC2. The molecule has 2 aliphatic rings. The molecule has 10 nitrogen and oxygen atoms in total. The zero-order valence-electron chi connectivity index (χ0n) is 22.4. The van der Waals surface area contributed by atoms with Crippen LogP contribution in [-0.4, -0.2) is 40.3 Å². The molecule has 5 N–H and O–H groups in total. The van der Waals surface area contributed by atoms with Gasteiger partial charge in [0.2, 0.25) is 10.6 Å². The Balaban J connectivity index is 0.000000149. The van der Waals surface area contributed by atoms with E-state index in [0.717, 1.165) is 78.5 Å². The van der Waals surface area contributed by atoms with Crippen molar-refractivity contribution in [2.45, 2.75) is 78.1 Å². The molecule has 0 amide bonds. The first-order valence-electron chi connectivity index (χ1n) is 13.0. The van der Waals surface area contributed by atoms with Gasteiger partial charge in [0.25, 0.3) is 0 Å². The fraction of sp³-hybridized carbons (Fsp3) is 0.462. The van der Waals surface area contributed by atoms with Gasteiger partial charge in [0, 0.05) is 34.6 Å². The van der Waals surface area contributed by atoms with E-state index in [9.17, 15) is 0 Å². The smallest absolute Gasteiger partial charge is 0.224 e. The summed E-state index contributed by atoms with van der Waals surface area (Å²) in [6, 6.07) is 3.85. The molecule has 0 fully saturated rings. The minimum Gasteiger partial charge on any atom is -0.382 e. The maximum atomic E-state index is 5.96. The number of hydrogen-bond acceptors (Lipinski definition) is 8. The average molecular weight is 592 g/mol. The number of rotatable bonds is 4. The minimum atomic E-state index is 0.260. The molecule has 0 saturated carbocycles. The van der Waals surface area contributed by atoms with Crippen LogP contribution >= 0.6 is 34.8 Å². The Labute approximate surface area is 242 Å². The van der Waals surface area contributed by atoms with Gasteiger partial charge in [-0.05, 0) is 73.6 Å². The van der Waals surface area contributed by atoms with Crippen LogP contribution in [0.1, 0.15) is 86.3 Å². The molecule has 0 spiro atoms. The monoisotopic (exact) mass is 590 g/mol. The van der Waals surface area contributed by atoms with Crippen LogP contribution in [0.25, 0.3) is 0 Å². The van der Waals surface area contributed by atoms with Crippen LogP contribution in [0.2, 0.25) is 15.7 Å². The van der Waals surface area contributed by atoms with Gasteiger partial charge < -0.3 is 11.1 Å². The zero-order valence-corrected chi connectivity index (χ0v) is 24.7. The maximum absolute atomic E-state index is 5.96. The van der Waals surface area contributed by atoms with E-state index in [1.807, 2.05) is 12.1 Å². The van der Waals surface area contributed by atoms with Crippen molar-refractivity contribution in [1.29, 1.82) is 0 Å². The molecule has 4 heterocycles. The predicted octanol–water partition coefficient (Wildman–Crippen LogP) is 6.60. The first-order valence-corrected chi connectivity index (χ1v) is 14.1. The number of aromatic nitrogens is 8. The quantitative estimate of drug-likeness (QED) is 0.153. The summed E-state index contributed by atoms with van der Waals surface area (Å²) >= 11 is 17.4. The number of nitrogens with one attached hydrogen (secondary N) is 3. The molecule has 0 radical (unpaired) electrons. The number of nitrogens with two attached hydrogens (primary N) is 1. The lowest BCUT2D eigenvalue weighted by atomic mass is 10.1. The standard InChI is InChI=1S/C13H16ClN5.C7H6Cl2N2.C6H11N3/c1-7(2)10-6-11(19-18-10)16-12-8-4-3-5-9(8)15-13(14)17-12;8-6-4-2-1-3-5(4)10-7(9)11-6;1-4(2)5-3-6(7)9-8-5/h6-7H,3-5H2,1-2H3,(H2,15,16,17,18,19);1-3H2;3-4H,1-2H3,(H3,7,8,9). The Morgan fingerprint density at radius 3 is 1.87 bits per heavy atom. The third-order valence-corrected chi connectivity index (χ3v) is 7.12. The first kappa shape index (κ1) is 29.0. The number of aryl methyl sites for hydroxylation is 2. The second-order valence-electron chi connectivity index (χ2n) is 10.1. The van der Waals surface area contributed by atoms with E-state index in [1.165, 1.54) is 5.56 Å². The van der Waals surface area contributed by atoms with Gasteiger partial charge in [-0.2, -0.15) is 10.2 Å². The third kappa shape index (κ3) is 7.58. The summed E-state index contributed by atoms with van der Waals surface area (Å²) in [5.41, 5.74) is 11.9. The van der Waals surface area contributed by atoms with E-state index in [0.29, 0.717) is 28.1 Å². The van der Waals surface area contributed by atoms with Crippen LogP contribution in [0, 0.1) is 0 Å². The lowest BCUT2D eigenvalue weighted by molar-refractivity contribution is 0.811. The summed E-state index contributed by atoms with van der Waals surface area (Å²) < 4.78 is 0. The second-order valence-corrected chi connectivity index (χ2v) is 11.1. The van der Waals surface area contributed by atoms with E-state index < -0.39 is 0 Å². The van der Waals surface area contributed by atoms with Gasteiger partial charge in [0.15, 0.2) is 5.82 Å². The Kier molecular flexibility index (Phi) is 9.63. The molecule has 39 heavy (non-hydrogen) atoms. The van der Waals surface area contributed by atoms with Gasteiger partial charge in [-0.1, -0.05) is 39.3 Å². The van der Waals surface area contributed by atoms with Crippen molar-refractivity contribution < 1.29 is 0 Å². The highest BCUT2D eigenvalue weighted by Crippen LogP contribution is 2.30. The Morgan fingerprint density at radius 2 is 1.31 bits per heavy atom. The molecule has 0 saturated heterocycles. The van der Waals surface area contributed by atoms with Gasteiger partial charge in [-0.15, -0.1) is 0 Å². The molecule has 208 valence electrons. The highest BCUT2D eigenvalue weighted by Gasteiger charge is 2.20. The summed E-state index contributed by atoms with van der Waals surface area (Å²) in [6.07, 6.45) is 6.17. The molecule has 0 bridgehead atoms. The number of nitrogens with zero attached hydrogens (tertiary/aromatic N) is 6. The molecule has 13 heteroatoms. The van der Waals surface area contributed by atoms with E-state index in [4.69, 9.17) is 40.5 Å². The van der Waals surface area contributed by atoms with Gasteiger partial charge in [-0.25, -0.2) is 19.9 Å². The van der Waals surface area contributed by atoms with Crippen molar-refractivity contribution >= 4 is 52.3 Å². The summed E-state index contributed by atoms with van der Waals surface area (Å²) in [5, 5.41) is 18.2. The number of nitrogen functional groups attached to an aromatic ring is 1. The van der Waals surface area contributed by atoms with Crippen molar-refractivity contribution in [1.82, 2.24) is 40.3 Å². The molecule has 6 rings (SSSR count). The largest absolute Gasteiger partial charge is 0.382 e. The fourth-order valence-electron chi connectivity index (χ4n) is 4.33. The number of halogens is 3. The van der Waals surface area contributed by atoms with Crippen molar-refractivity contribution in [2.24, 2.45) is 0 Å². The Hall–Kier alpha value is -2.95. The van der Waals surface area contributed by atoms with Crippen molar-refractivity contribution in [3.05, 3.63) is 61.8 Å². The van der Waals surface area contributed by atoms with Crippen LogP contribution in [0.4, 0.5) is 17.5 Å². The molecular weight excluding hydrogens is 559 g/mol. The summed E-state index contributed by atoms with van der Waals surface area (Å²) in [5.74, 6) is 3.03.